The molecule has 1 aliphatic heterocycles. The van der Waals surface area contributed by atoms with Crippen molar-refractivity contribution in [2.75, 3.05) is 19.6 Å². The van der Waals surface area contributed by atoms with E-state index in [2.05, 4.69) is 27.9 Å². The van der Waals surface area contributed by atoms with E-state index in [-0.39, 0.29) is 6.10 Å². The van der Waals surface area contributed by atoms with Crippen LogP contribution in [0.15, 0.2) is 18.5 Å². The molecule has 3 rings (SSSR count). The Labute approximate surface area is 103 Å². The van der Waals surface area contributed by atoms with Gasteiger partial charge in [-0.2, -0.15) is 0 Å². The summed E-state index contributed by atoms with van der Waals surface area (Å²) in [5.74, 6) is 0.532. The fourth-order valence-electron chi connectivity index (χ4n) is 2.72. The summed E-state index contributed by atoms with van der Waals surface area (Å²) in [6.07, 6.45) is 9.12. The second-order valence-corrected chi connectivity index (χ2v) is 5.51. The summed E-state index contributed by atoms with van der Waals surface area (Å²) >= 11 is 0. The first-order valence-electron chi connectivity index (χ1n) is 6.89. The largest absolute Gasteiger partial charge is 0.388 e. The summed E-state index contributed by atoms with van der Waals surface area (Å²) in [5, 5.41) is 10.0. The average molecular weight is 234 g/mol. The zero-order chi connectivity index (χ0) is 11.7. The quantitative estimate of drug-likeness (QED) is 0.844. The van der Waals surface area contributed by atoms with Crippen LogP contribution in [0.5, 0.6) is 0 Å². The van der Waals surface area contributed by atoms with Gasteiger partial charge in [0.15, 0.2) is 0 Å². The standard InChI is InChI=1S/C14H22N2O/c17-14(12-3-4-12)13-5-8-16(11-13)10-9-15-6-1-2-7-15/h5,8,11-12,14,17H,1-4,6-7,9-10H2. The molecule has 1 aromatic heterocycles. The third kappa shape index (κ3) is 2.72. The minimum Gasteiger partial charge on any atom is -0.388 e. The number of nitrogens with zero attached hydrogens (tertiary/aromatic N) is 2. The molecule has 0 radical (unpaired) electrons. The Morgan fingerprint density at radius 3 is 2.71 bits per heavy atom. The van der Waals surface area contributed by atoms with Crippen molar-refractivity contribution in [3.8, 4) is 0 Å². The predicted molar refractivity (Wildman–Crippen MR) is 67.8 cm³/mol. The third-order valence-corrected chi connectivity index (χ3v) is 4.06. The van der Waals surface area contributed by atoms with Crippen LogP contribution >= 0.6 is 0 Å². The lowest BCUT2D eigenvalue weighted by molar-refractivity contribution is 0.153. The lowest BCUT2D eigenvalue weighted by atomic mass is 10.1. The van der Waals surface area contributed by atoms with E-state index in [9.17, 15) is 5.11 Å². The van der Waals surface area contributed by atoms with E-state index < -0.39 is 0 Å². The minimum atomic E-state index is -0.219. The van der Waals surface area contributed by atoms with Gasteiger partial charge in [-0.25, -0.2) is 0 Å². The van der Waals surface area contributed by atoms with Gasteiger partial charge in [-0.3, -0.25) is 0 Å². The van der Waals surface area contributed by atoms with Gasteiger partial charge in [0.05, 0.1) is 6.10 Å². The van der Waals surface area contributed by atoms with Crippen molar-refractivity contribution in [2.45, 2.75) is 38.3 Å². The molecule has 0 amide bonds. The highest BCUT2D eigenvalue weighted by molar-refractivity contribution is 5.16. The molecule has 2 fully saturated rings. The summed E-state index contributed by atoms with van der Waals surface area (Å²) in [4.78, 5) is 2.52. The first kappa shape index (κ1) is 11.3. The van der Waals surface area contributed by atoms with Crippen LogP contribution in [0.25, 0.3) is 0 Å². The van der Waals surface area contributed by atoms with Gasteiger partial charge in [0, 0.05) is 25.5 Å². The molecular weight excluding hydrogens is 212 g/mol. The Hall–Kier alpha value is -0.800. The molecule has 0 aromatic carbocycles. The van der Waals surface area contributed by atoms with Gasteiger partial charge in [0.1, 0.15) is 0 Å². The normalized spacial score (nSPS) is 23.1. The van der Waals surface area contributed by atoms with Gasteiger partial charge in [0.2, 0.25) is 0 Å². The SMILES string of the molecule is OC(c1ccn(CCN2CCCC2)c1)C1CC1. The van der Waals surface area contributed by atoms with E-state index in [1.807, 2.05) is 0 Å². The zero-order valence-corrected chi connectivity index (χ0v) is 10.4. The maximum absolute atomic E-state index is 10.0. The molecular formula is C14H22N2O. The Kier molecular flexibility index (Phi) is 3.21. The van der Waals surface area contributed by atoms with Gasteiger partial charge in [-0.1, -0.05) is 0 Å². The third-order valence-electron chi connectivity index (χ3n) is 4.06. The summed E-state index contributed by atoms with van der Waals surface area (Å²) in [5.41, 5.74) is 1.11. The van der Waals surface area contributed by atoms with Crippen LogP contribution in [0.2, 0.25) is 0 Å². The van der Waals surface area contributed by atoms with Crippen LogP contribution in [0.4, 0.5) is 0 Å². The Morgan fingerprint density at radius 1 is 1.24 bits per heavy atom. The minimum absolute atomic E-state index is 0.219. The molecule has 0 spiro atoms. The maximum Gasteiger partial charge on any atom is 0.0832 e. The van der Waals surface area contributed by atoms with Gasteiger partial charge >= 0.3 is 0 Å². The molecule has 2 heterocycles. The van der Waals surface area contributed by atoms with Gasteiger partial charge in [-0.15, -0.1) is 0 Å². The Balaban J connectivity index is 1.52. The highest BCUT2D eigenvalue weighted by atomic mass is 16.3. The van der Waals surface area contributed by atoms with Crippen molar-refractivity contribution in [3.05, 3.63) is 24.0 Å². The van der Waals surface area contributed by atoms with E-state index in [4.69, 9.17) is 0 Å². The number of rotatable bonds is 5. The van der Waals surface area contributed by atoms with E-state index in [0.717, 1.165) is 18.7 Å². The molecule has 3 nitrogen and oxygen atoms in total. The van der Waals surface area contributed by atoms with E-state index in [0.29, 0.717) is 5.92 Å². The fourth-order valence-corrected chi connectivity index (χ4v) is 2.72. The summed E-state index contributed by atoms with van der Waals surface area (Å²) in [6, 6.07) is 2.08. The van der Waals surface area contributed by atoms with Crippen molar-refractivity contribution >= 4 is 0 Å². The van der Waals surface area contributed by atoms with E-state index in [1.54, 1.807) is 0 Å². The molecule has 1 aliphatic carbocycles. The lowest BCUT2D eigenvalue weighted by Gasteiger charge is -2.14. The smallest absolute Gasteiger partial charge is 0.0832 e. The molecule has 1 atom stereocenters. The van der Waals surface area contributed by atoms with Crippen LogP contribution < -0.4 is 0 Å². The molecule has 1 saturated carbocycles. The highest BCUT2D eigenvalue weighted by Gasteiger charge is 2.31. The van der Waals surface area contributed by atoms with Crippen LogP contribution in [0.3, 0.4) is 0 Å². The first-order valence-corrected chi connectivity index (χ1v) is 6.89. The van der Waals surface area contributed by atoms with Gasteiger partial charge in [-0.05, 0) is 56.3 Å². The van der Waals surface area contributed by atoms with Gasteiger partial charge in [0.25, 0.3) is 0 Å². The highest BCUT2D eigenvalue weighted by Crippen LogP contribution is 2.40. The van der Waals surface area contributed by atoms with Crippen molar-refractivity contribution in [3.63, 3.8) is 0 Å². The fraction of sp³-hybridized carbons (Fsp3) is 0.714. The van der Waals surface area contributed by atoms with E-state index >= 15 is 0 Å². The number of likely N-dealkylation sites (tertiary alicyclic amines) is 1. The van der Waals surface area contributed by atoms with Crippen LogP contribution in [0.1, 0.15) is 37.4 Å². The van der Waals surface area contributed by atoms with Gasteiger partial charge < -0.3 is 14.6 Å². The zero-order valence-electron chi connectivity index (χ0n) is 10.4. The summed E-state index contributed by atoms with van der Waals surface area (Å²) in [6.45, 7) is 4.72. The number of hydrogen-bond donors (Lipinski definition) is 1. The van der Waals surface area contributed by atoms with Crippen molar-refractivity contribution < 1.29 is 5.11 Å². The van der Waals surface area contributed by atoms with Crippen molar-refractivity contribution in [1.82, 2.24) is 9.47 Å². The molecule has 1 aromatic rings. The predicted octanol–water partition coefficient (Wildman–Crippen LogP) is 2.03. The van der Waals surface area contributed by atoms with Crippen molar-refractivity contribution in [2.24, 2.45) is 5.92 Å². The van der Waals surface area contributed by atoms with E-state index in [1.165, 1.54) is 38.8 Å². The number of aromatic nitrogens is 1. The lowest BCUT2D eigenvalue weighted by Crippen LogP contribution is -2.23. The summed E-state index contributed by atoms with van der Waals surface area (Å²) in [7, 11) is 0. The Bertz CT molecular complexity index is 364. The Morgan fingerprint density at radius 2 is 2.00 bits per heavy atom. The second kappa shape index (κ2) is 4.83. The molecule has 17 heavy (non-hydrogen) atoms. The van der Waals surface area contributed by atoms with Crippen LogP contribution in [-0.2, 0) is 6.54 Å². The second-order valence-electron chi connectivity index (χ2n) is 5.51. The molecule has 3 heteroatoms. The van der Waals surface area contributed by atoms with Crippen LogP contribution in [0, 0.1) is 5.92 Å². The monoisotopic (exact) mass is 234 g/mol. The number of aliphatic hydroxyl groups is 1. The van der Waals surface area contributed by atoms with Crippen molar-refractivity contribution in [1.29, 1.82) is 0 Å². The maximum atomic E-state index is 10.0. The molecule has 0 bridgehead atoms. The average Bonchev–Trinajstić information content (AvgIpc) is 2.88. The molecule has 1 N–H and O–H groups in total. The molecule has 94 valence electrons. The molecule has 2 aliphatic rings. The number of hydrogen-bond acceptors (Lipinski definition) is 2. The topological polar surface area (TPSA) is 28.4 Å². The summed E-state index contributed by atoms with van der Waals surface area (Å²) < 4.78 is 2.22. The molecule has 1 unspecified atom stereocenters. The number of aliphatic hydroxyl groups excluding tert-OH is 1. The molecule has 1 saturated heterocycles. The first-order chi connectivity index (χ1) is 8.33. The van der Waals surface area contributed by atoms with Crippen LogP contribution in [-0.4, -0.2) is 34.2 Å².